The third-order valence-corrected chi connectivity index (χ3v) is 3.66. The molecule has 0 spiro atoms. The van der Waals surface area contributed by atoms with Crippen molar-refractivity contribution in [3.8, 4) is 0 Å². The molecule has 1 nitrogen and oxygen atoms in total. The van der Waals surface area contributed by atoms with E-state index in [0.717, 1.165) is 17.2 Å². The number of hydrogen-bond acceptors (Lipinski definition) is 2. The van der Waals surface area contributed by atoms with E-state index in [9.17, 15) is 0 Å². The van der Waals surface area contributed by atoms with Gasteiger partial charge in [0.05, 0.1) is 4.34 Å². The lowest BCUT2D eigenvalue weighted by Crippen LogP contribution is -2.02. The molecule has 0 amide bonds. The monoisotopic (exact) mass is 251 g/mol. The van der Waals surface area contributed by atoms with Crippen molar-refractivity contribution in [2.45, 2.75) is 12.8 Å². The maximum atomic E-state index is 5.91. The summed E-state index contributed by atoms with van der Waals surface area (Å²) >= 11 is 7.55. The van der Waals surface area contributed by atoms with Crippen LogP contribution in [-0.2, 0) is 12.8 Å². The molecule has 0 unspecified atom stereocenters. The van der Waals surface area contributed by atoms with E-state index in [0.29, 0.717) is 6.54 Å². The van der Waals surface area contributed by atoms with E-state index >= 15 is 0 Å². The summed E-state index contributed by atoms with van der Waals surface area (Å²) in [6.07, 6.45) is 1.90. The fourth-order valence-electron chi connectivity index (χ4n) is 1.71. The molecule has 0 aliphatic heterocycles. The highest BCUT2D eigenvalue weighted by molar-refractivity contribution is 7.16. The zero-order valence-electron chi connectivity index (χ0n) is 8.95. The van der Waals surface area contributed by atoms with Gasteiger partial charge in [-0.25, -0.2) is 0 Å². The van der Waals surface area contributed by atoms with Gasteiger partial charge in [0.15, 0.2) is 0 Å². The predicted octanol–water partition coefficient (Wildman–Crippen LogP) is 3.49. The standard InChI is InChI=1S/C13H14ClNS/c14-13-5-4-12(16-13)9-11-3-1-2-10(8-11)6-7-15/h1-5,8H,6-7,9,15H2. The quantitative estimate of drug-likeness (QED) is 0.885. The molecule has 0 saturated carbocycles. The van der Waals surface area contributed by atoms with Gasteiger partial charge < -0.3 is 5.73 Å². The molecule has 1 heterocycles. The predicted molar refractivity (Wildman–Crippen MR) is 71.3 cm³/mol. The van der Waals surface area contributed by atoms with Crippen molar-refractivity contribution in [3.63, 3.8) is 0 Å². The number of benzene rings is 1. The Balaban J connectivity index is 2.12. The normalized spacial score (nSPS) is 10.6. The van der Waals surface area contributed by atoms with Crippen LogP contribution in [-0.4, -0.2) is 6.54 Å². The molecule has 0 saturated heterocycles. The van der Waals surface area contributed by atoms with Crippen LogP contribution in [0.25, 0.3) is 0 Å². The first-order valence-corrected chi connectivity index (χ1v) is 6.49. The van der Waals surface area contributed by atoms with E-state index in [4.69, 9.17) is 17.3 Å². The molecule has 0 atom stereocenters. The number of thiophene rings is 1. The lowest BCUT2D eigenvalue weighted by atomic mass is 10.1. The third kappa shape index (κ3) is 3.08. The number of rotatable bonds is 4. The van der Waals surface area contributed by atoms with Gasteiger partial charge in [0.25, 0.3) is 0 Å². The molecule has 1 aromatic heterocycles. The van der Waals surface area contributed by atoms with Gasteiger partial charge in [-0.3, -0.25) is 0 Å². The van der Waals surface area contributed by atoms with Crippen LogP contribution >= 0.6 is 22.9 Å². The van der Waals surface area contributed by atoms with Crippen LogP contribution in [0, 0.1) is 0 Å². The first kappa shape index (κ1) is 11.6. The number of halogens is 1. The molecule has 84 valence electrons. The molecule has 2 N–H and O–H groups in total. The van der Waals surface area contributed by atoms with Crippen molar-refractivity contribution < 1.29 is 0 Å². The van der Waals surface area contributed by atoms with Crippen molar-refractivity contribution in [1.82, 2.24) is 0 Å². The smallest absolute Gasteiger partial charge is 0.0931 e. The van der Waals surface area contributed by atoms with Crippen LogP contribution in [0.4, 0.5) is 0 Å². The summed E-state index contributed by atoms with van der Waals surface area (Å²) in [5.74, 6) is 0. The van der Waals surface area contributed by atoms with E-state index in [1.807, 2.05) is 6.07 Å². The largest absolute Gasteiger partial charge is 0.330 e. The van der Waals surface area contributed by atoms with E-state index in [-0.39, 0.29) is 0 Å². The average Bonchev–Trinajstić information content (AvgIpc) is 2.65. The Morgan fingerprint density at radius 2 is 1.94 bits per heavy atom. The maximum Gasteiger partial charge on any atom is 0.0931 e. The van der Waals surface area contributed by atoms with Crippen LogP contribution in [0.1, 0.15) is 16.0 Å². The molecule has 2 aromatic rings. The van der Waals surface area contributed by atoms with Crippen LogP contribution in [0.5, 0.6) is 0 Å². The highest BCUT2D eigenvalue weighted by Gasteiger charge is 2.01. The topological polar surface area (TPSA) is 26.0 Å². The Kier molecular flexibility index (Phi) is 3.99. The van der Waals surface area contributed by atoms with Crippen LogP contribution < -0.4 is 5.73 Å². The van der Waals surface area contributed by atoms with Crippen molar-refractivity contribution in [2.75, 3.05) is 6.54 Å². The molecule has 2 rings (SSSR count). The molecular weight excluding hydrogens is 238 g/mol. The Morgan fingerprint density at radius 1 is 1.12 bits per heavy atom. The second kappa shape index (κ2) is 5.48. The third-order valence-electron chi connectivity index (χ3n) is 2.43. The minimum Gasteiger partial charge on any atom is -0.330 e. The molecule has 0 bridgehead atoms. The summed E-state index contributed by atoms with van der Waals surface area (Å²) in [7, 11) is 0. The van der Waals surface area contributed by atoms with Crippen molar-refractivity contribution in [3.05, 3.63) is 56.7 Å². The highest BCUT2D eigenvalue weighted by Crippen LogP contribution is 2.24. The zero-order chi connectivity index (χ0) is 11.4. The number of hydrogen-bond donors (Lipinski definition) is 1. The van der Waals surface area contributed by atoms with Crippen molar-refractivity contribution in [2.24, 2.45) is 5.73 Å². The first-order chi connectivity index (χ1) is 7.78. The van der Waals surface area contributed by atoms with Gasteiger partial charge in [0, 0.05) is 11.3 Å². The van der Waals surface area contributed by atoms with E-state index < -0.39 is 0 Å². The molecular formula is C13H14ClNS. The summed E-state index contributed by atoms with van der Waals surface area (Å²) in [5.41, 5.74) is 8.18. The van der Waals surface area contributed by atoms with Crippen molar-refractivity contribution in [1.29, 1.82) is 0 Å². The van der Waals surface area contributed by atoms with Gasteiger partial charge in [-0.2, -0.15) is 0 Å². The van der Waals surface area contributed by atoms with E-state index in [2.05, 4.69) is 30.3 Å². The zero-order valence-corrected chi connectivity index (χ0v) is 10.5. The summed E-state index contributed by atoms with van der Waals surface area (Å²) in [6, 6.07) is 12.6. The second-order valence-electron chi connectivity index (χ2n) is 3.74. The lowest BCUT2D eigenvalue weighted by molar-refractivity contribution is 0.964. The fourth-order valence-corrected chi connectivity index (χ4v) is 2.83. The Morgan fingerprint density at radius 3 is 2.62 bits per heavy atom. The van der Waals surface area contributed by atoms with Gasteiger partial charge in [-0.15, -0.1) is 11.3 Å². The highest BCUT2D eigenvalue weighted by atomic mass is 35.5. The van der Waals surface area contributed by atoms with Crippen LogP contribution in [0.3, 0.4) is 0 Å². The molecule has 16 heavy (non-hydrogen) atoms. The fraction of sp³-hybridized carbons (Fsp3) is 0.231. The Bertz CT molecular complexity index is 464. The SMILES string of the molecule is NCCc1cccc(Cc2ccc(Cl)s2)c1. The molecule has 0 fully saturated rings. The number of nitrogens with two attached hydrogens (primary N) is 1. The second-order valence-corrected chi connectivity index (χ2v) is 5.54. The summed E-state index contributed by atoms with van der Waals surface area (Å²) in [5, 5.41) is 0. The van der Waals surface area contributed by atoms with Gasteiger partial charge in [-0.05, 0) is 36.2 Å². The van der Waals surface area contributed by atoms with E-state index in [1.165, 1.54) is 16.0 Å². The van der Waals surface area contributed by atoms with Gasteiger partial charge >= 0.3 is 0 Å². The lowest BCUT2D eigenvalue weighted by Gasteiger charge is -2.03. The summed E-state index contributed by atoms with van der Waals surface area (Å²) in [6.45, 7) is 0.703. The summed E-state index contributed by atoms with van der Waals surface area (Å²) < 4.78 is 0.855. The maximum absolute atomic E-state index is 5.91. The Hall–Kier alpha value is -0.830. The minimum atomic E-state index is 0.703. The summed E-state index contributed by atoms with van der Waals surface area (Å²) in [4.78, 5) is 1.30. The molecule has 1 aromatic carbocycles. The van der Waals surface area contributed by atoms with Gasteiger partial charge in [-0.1, -0.05) is 35.9 Å². The van der Waals surface area contributed by atoms with Gasteiger partial charge in [0.2, 0.25) is 0 Å². The molecule has 0 radical (unpaired) electrons. The van der Waals surface area contributed by atoms with E-state index in [1.54, 1.807) is 11.3 Å². The molecule has 0 aliphatic carbocycles. The first-order valence-electron chi connectivity index (χ1n) is 5.30. The molecule has 0 aliphatic rings. The Labute approximate surface area is 105 Å². The molecule has 3 heteroatoms. The minimum absolute atomic E-state index is 0.703. The van der Waals surface area contributed by atoms with Crippen molar-refractivity contribution >= 4 is 22.9 Å². The van der Waals surface area contributed by atoms with Crippen LogP contribution in [0.15, 0.2) is 36.4 Å². The average molecular weight is 252 g/mol. The van der Waals surface area contributed by atoms with Crippen LogP contribution in [0.2, 0.25) is 4.34 Å². The van der Waals surface area contributed by atoms with Gasteiger partial charge in [0.1, 0.15) is 0 Å².